The standard InChI is InChI=1S/C27H36N2O5.C15H22ClNO2.C12H15NO3/c1-28(17-21-11-20-14-25(33-4)26(34-5)16-22(20)21)8-6-9-29-10-7-18-12-23(31-2)24(32-3)13-19(18)15-27(29)30;1-17(6-4-5-16)10-12-7-11-8-14(18-2)15(19-3)9-13(11)12;1-15-10-5-8-3-4-13-12(14)7-9(8)6-11(10)16-2/h12-14,16,21H,6-11,15,17H2,1-5H3;8-9,12H,4-7,10H2,1-3H3;5-6H,3-4,7H2,1-2H3,(H,13,14)/t21-;12-;/m11./s1. The number of hydrogen-bond donors (Lipinski definition) is 1. The quantitative estimate of drug-likeness (QED) is 0.0961. The molecular weight excluding hydrogens is 900 g/mol. The Morgan fingerprint density at radius 2 is 0.928 bits per heavy atom. The zero-order valence-corrected chi connectivity index (χ0v) is 43.1. The third-order valence-electron chi connectivity index (χ3n) is 13.6. The average molecular weight is 974 g/mol. The van der Waals surface area contributed by atoms with Crippen molar-refractivity contribution in [3.63, 3.8) is 0 Å². The van der Waals surface area contributed by atoms with E-state index in [1.54, 1.807) is 56.9 Å². The SMILES string of the molecule is COc1cc2c(cc1OC)CC(=O)N(CCCN(C)C[C@H]1Cc3cc(OC)c(OC)cc31)CC2.COc1cc2c(cc1OC)CC(=O)NCC2.COc1cc2c(cc1OC)[C@@H](CN(C)CCCCl)C2. The Morgan fingerprint density at radius 1 is 0.536 bits per heavy atom. The highest BCUT2D eigenvalue weighted by atomic mass is 35.5. The summed E-state index contributed by atoms with van der Waals surface area (Å²) in [4.78, 5) is 31.1. The topological polar surface area (TPSA) is 130 Å². The largest absolute Gasteiger partial charge is 0.493 e. The van der Waals surface area contributed by atoms with E-state index < -0.39 is 0 Å². The summed E-state index contributed by atoms with van der Waals surface area (Å²) >= 11 is 5.73. The number of halogens is 1. The molecule has 15 heteroatoms. The van der Waals surface area contributed by atoms with E-state index in [0.29, 0.717) is 42.7 Å². The third kappa shape index (κ3) is 13.2. The Bertz CT molecular complexity index is 2380. The van der Waals surface area contributed by atoms with Crippen molar-refractivity contribution < 1.29 is 47.5 Å². The van der Waals surface area contributed by atoms with Crippen LogP contribution in [0.3, 0.4) is 0 Å². The molecule has 2 atom stereocenters. The van der Waals surface area contributed by atoms with Gasteiger partial charge in [0.1, 0.15) is 0 Å². The molecule has 0 saturated heterocycles. The highest BCUT2D eigenvalue weighted by Crippen LogP contribution is 2.44. The summed E-state index contributed by atoms with van der Waals surface area (Å²) in [5.41, 5.74) is 9.86. The van der Waals surface area contributed by atoms with E-state index in [0.717, 1.165) is 135 Å². The van der Waals surface area contributed by atoms with Crippen LogP contribution in [-0.4, -0.2) is 149 Å². The lowest BCUT2D eigenvalue weighted by molar-refractivity contribution is -0.130. The zero-order chi connectivity index (χ0) is 49.6. The molecule has 4 aromatic carbocycles. The highest BCUT2D eigenvalue weighted by molar-refractivity contribution is 6.17. The van der Waals surface area contributed by atoms with Crippen molar-refractivity contribution in [3.8, 4) is 46.0 Å². The Balaban J connectivity index is 0.000000188. The average Bonchev–Trinajstić information content (AvgIpc) is 3.63. The molecular formula is C54H73ClN4O10. The zero-order valence-electron chi connectivity index (χ0n) is 42.4. The van der Waals surface area contributed by atoms with E-state index in [1.807, 2.05) is 29.2 Å². The van der Waals surface area contributed by atoms with Crippen LogP contribution in [0, 0.1) is 0 Å². The van der Waals surface area contributed by atoms with Gasteiger partial charge in [-0.1, -0.05) is 0 Å². The number of carbonyl (C=O) groups is 2. The molecule has 69 heavy (non-hydrogen) atoms. The van der Waals surface area contributed by atoms with Gasteiger partial charge in [-0.15, -0.1) is 11.6 Å². The van der Waals surface area contributed by atoms with Crippen molar-refractivity contribution >= 4 is 23.4 Å². The first-order valence-electron chi connectivity index (χ1n) is 23.9. The monoisotopic (exact) mass is 973 g/mol. The van der Waals surface area contributed by atoms with Gasteiger partial charge in [0.2, 0.25) is 11.8 Å². The molecule has 2 aliphatic carbocycles. The fraction of sp³-hybridized carbons (Fsp3) is 0.519. The molecule has 1 N–H and O–H groups in total. The Kier molecular flexibility index (Phi) is 19.4. The Hall–Kier alpha value is -5.57. The second kappa shape index (κ2) is 25.3. The minimum absolute atomic E-state index is 0.0611. The van der Waals surface area contributed by atoms with Crippen molar-refractivity contribution in [3.05, 3.63) is 93.0 Å². The molecule has 4 aromatic rings. The summed E-state index contributed by atoms with van der Waals surface area (Å²) < 4.78 is 42.9. The van der Waals surface area contributed by atoms with Crippen LogP contribution in [0.4, 0.5) is 0 Å². The molecule has 4 aliphatic rings. The number of nitrogens with one attached hydrogen (secondary N) is 1. The number of rotatable bonds is 19. The van der Waals surface area contributed by atoms with Gasteiger partial charge in [0.25, 0.3) is 0 Å². The highest BCUT2D eigenvalue weighted by Gasteiger charge is 2.31. The first kappa shape index (κ1) is 52.8. The van der Waals surface area contributed by atoms with Crippen LogP contribution < -0.4 is 43.2 Å². The molecule has 0 saturated carbocycles. The number of likely N-dealkylation sites (N-methyl/N-ethyl adjacent to an activating group) is 2. The van der Waals surface area contributed by atoms with Gasteiger partial charge in [0.15, 0.2) is 46.0 Å². The van der Waals surface area contributed by atoms with Crippen molar-refractivity contribution in [1.29, 1.82) is 0 Å². The number of carbonyl (C=O) groups excluding carboxylic acids is 2. The number of methoxy groups -OCH3 is 8. The van der Waals surface area contributed by atoms with Crippen LogP contribution >= 0.6 is 11.6 Å². The van der Waals surface area contributed by atoms with E-state index in [4.69, 9.17) is 49.5 Å². The van der Waals surface area contributed by atoms with E-state index in [2.05, 4.69) is 53.5 Å². The van der Waals surface area contributed by atoms with Crippen molar-refractivity contribution in [2.45, 2.75) is 63.2 Å². The Morgan fingerprint density at radius 3 is 1.38 bits per heavy atom. The smallest absolute Gasteiger partial charge is 0.227 e. The maximum Gasteiger partial charge on any atom is 0.227 e. The molecule has 8 rings (SSSR count). The summed E-state index contributed by atoms with van der Waals surface area (Å²) in [7, 11) is 17.5. The lowest BCUT2D eigenvalue weighted by atomic mass is 9.77. The van der Waals surface area contributed by atoms with Gasteiger partial charge in [0.05, 0.1) is 69.7 Å². The molecule has 0 bridgehead atoms. The van der Waals surface area contributed by atoms with Gasteiger partial charge in [-0.05, 0) is 159 Å². The maximum atomic E-state index is 12.9. The van der Waals surface area contributed by atoms with E-state index >= 15 is 0 Å². The molecule has 0 fully saturated rings. The molecule has 2 heterocycles. The number of alkyl halides is 1. The van der Waals surface area contributed by atoms with Crippen molar-refractivity contribution in [1.82, 2.24) is 20.0 Å². The molecule has 2 aliphatic heterocycles. The number of nitrogens with zero attached hydrogens (tertiary/aromatic N) is 3. The summed E-state index contributed by atoms with van der Waals surface area (Å²) in [6.45, 7) is 6.29. The second-order valence-electron chi connectivity index (χ2n) is 18.1. The molecule has 2 amide bonds. The first-order valence-corrected chi connectivity index (χ1v) is 24.4. The van der Waals surface area contributed by atoms with Crippen LogP contribution in [0.25, 0.3) is 0 Å². The van der Waals surface area contributed by atoms with Crippen molar-refractivity contribution in [2.24, 2.45) is 0 Å². The molecule has 0 radical (unpaired) electrons. The lowest BCUT2D eigenvalue weighted by Crippen LogP contribution is -2.36. The molecule has 0 aromatic heterocycles. The van der Waals surface area contributed by atoms with Gasteiger partial charge in [-0.3, -0.25) is 9.59 Å². The Labute approximate surface area is 414 Å². The molecule has 0 spiro atoms. The van der Waals surface area contributed by atoms with E-state index in [-0.39, 0.29) is 11.8 Å². The third-order valence-corrected chi connectivity index (χ3v) is 13.9. The summed E-state index contributed by atoms with van der Waals surface area (Å²) in [6.07, 6.45) is 6.69. The minimum Gasteiger partial charge on any atom is -0.493 e. The normalized spacial score (nSPS) is 16.4. The molecule has 0 unspecified atom stereocenters. The van der Waals surface area contributed by atoms with Gasteiger partial charge < -0.3 is 57.9 Å². The maximum absolute atomic E-state index is 12.9. The predicted molar refractivity (Wildman–Crippen MR) is 270 cm³/mol. The number of amides is 2. The summed E-state index contributed by atoms with van der Waals surface area (Å²) in [5.74, 6) is 8.14. The predicted octanol–water partition coefficient (Wildman–Crippen LogP) is 7.13. The first-order chi connectivity index (χ1) is 33.4. The van der Waals surface area contributed by atoms with Gasteiger partial charge in [-0.25, -0.2) is 0 Å². The second-order valence-corrected chi connectivity index (χ2v) is 18.4. The van der Waals surface area contributed by atoms with Crippen molar-refractivity contribution in [2.75, 3.05) is 123 Å². The number of fused-ring (bicyclic) bond motifs is 4. The number of hydrogen-bond acceptors (Lipinski definition) is 12. The van der Waals surface area contributed by atoms with Crippen LogP contribution in [0.1, 0.15) is 69.2 Å². The molecule has 376 valence electrons. The number of benzene rings is 4. The van der Waals surface area contributed by atoms with E-state index in [9.17, 15) is 9.59 Å². The fourth-order valence-corrected chi connectivity index (χ4v) is 9.90. The van der Waals surface area contributed by atoms with Crippen LogP contribution in [0.5, 0.6) is 46.0 Å². The van der Waals surface area contributed by atoms with Crippen LogP contribution in [0.2, 0.25) is 0 Å². The fourth-order valence-electron chi connectivity index (χ4n) is 9.78. The van der Waals surface area contributed by atoms with Gasteiger partial charge >= 0.3 is 0 Å². The van der Waals surface area contributed by atoms with Crippen LogP contribution in [0.15, 0.2) is 48.5 Å². The lowest BCUT2D eigenvalue weighted by Gasteiger charge is -2.34. The minimum atomic E-state index is 0.0611. The summed E-state index contributed by atoms with van der Waals surface area (Å²) in [5, 5.41) is 2.85. The van der Waals surface area contributed by atoms with Gasteiger partial charge in [-0.2, -0.15) is 0 Å². The summed E-state index contributed by atoms with van der Waals surface area (Å²) in [6, 6.07) is 16.2. The van der Waals surface area contributed by atoms with Gasteiger partial charge in [0, 0.05) is 50.4 Å². The molecule has 14 nitrogen and oxygen atoms in total. The van der Waals surface area contributed by atoms with E-state index in [1.165, 1.54) is 27.8 Å². The number of ether oxygens (including phenoxy) is 8. The van der Waals surface area contributed by atoms with Crippen LogP contribution in [-0.2, 0) is 48.1 Å².